The molecule has 0 atom stereocenters. The smallest absolute Gasteiger partial charge is 0.317 e. The topological polar surface area (TPSA) is 83.3 Å². The highest BCUT2D eigenvalue weighted by Gasteiger charge is 1.97. The quantitative estimate of drug-likeness (QED) is 0.358. The van der Waals surface area contributed by atoms with Crippen LogP contribution in [0, 0.1) is 0 Å². The summed E-state index contributed by atoms with van der Waals surface area (Å²) in [4.78, 5) is 15.0. The van der Waals surface area contributed by atoms with E-state index < -0.39 is 6.80 Å². The Morgan fingerprint density at radius 2 is 1.50 bits per heavy atom. The summed E-state index contributed by atoms with van der Waals surface area (Å²) in [6.45, 7) is -3.94. The van der Waals surface area contributed by atoms with Crippen LogP contribution in [-0.4, -0.2) is 20.0 Å². The molecule has 1 heterocycles. The zero-order valence-electron chi connectivity index (χ0n) is 5.39. The Morgan fingerprint density at radius 3 is 1.58 bits per heavy atom. The molecule has 0 aliphatic heterocycles. The van der Waals surface area contributed by atoms with Crippen molar-refractivity contribution in [2.24, 2.45) is 0 Å². The molecule has 0 saturated heterocycles. The van der Waals surface area contributed by atoms with Crippen molar-refractivity contribution in [3.8, 4) is 0 Å². The van der Waals surface area contributed by atoms with Crippen molar-refractivity contribution < 1.29 is 14.4 Å². The van der Waals surface area contributed by atoms with E-state index in [2.05, 4.69) is 47.7 Å². The molecule has 0 fully saturated rings. The van der Waals surface area contributed by atoms with E-state index in [4.69, 9.17) is 9.79 Å². The summed E-state index contributed by atoms with van der Waals surface area (Å²) >= 11 is 11.9. The van der Waals surface area contributed by atoms with Crippen LogP contribution in [0.5, 0.6) is 0 Å². The SMILES string of the molecule is O=P(O)(O)S.Sc1nnc(S)s1. The van der Waals surface area contributed by atoms with Gasteiger partial charge in [-0.1, -0.05) is 23.6 Å². The molecule has 0 aliphatic rings. The molecule has 0 radical (unpaired) electrons. The molecule has 0 amide bonds. The summed E-state index contributed by atoms with van der Waals surface area (Å²) in [5, 5.41) is 7.15. The van der Waals surface area contributed by atoms with Crippen LogP contribution in [-0.2, 0) is 4.57 Å². The second-order valence-corrected chi connectivity index (χ2v) is 6.40. The van der Waals surface area contributed by atoms with Gasteiger partial charge in [-0.05, 0) is 0 Å². The molecule has 0 aliphatic carbocycles. The minimum Gasteiger partial charge on any atom is -0.317 e. The zero-order valence-corrected chi connectivity index (χ0v) is 9.79. The summed E-state index contributed by atoms with van der Waals surface area (Å²) in [7, 11) is 0. The molecule has 12 heavy (non-hydrogen) atoms. The lowest BCUT2D eigenvalue weighted by Crippen LogP contribution is -1.62. The van der Waals surface area contributed by atoms with Gasteiger partial charge in [-0.15, -0.1) is 35.5 Å². The van der Waals surface area contributed by atoms with Gasteiger partial charge in [-0.25, -0.2) is 4.57 Å². The molecule has 1 aromatic rings. The first-order valence-corrected chi connectivity index (χ1v) is 6.76. The third kappa shape index (κ3) is 10.8. The number of rotatable bonds is 0. The Bertz CT molecular complexity index is 259. The van der Waals surface area contributed by atoms with Crippen LogP contribution >= 0.6 is 55.6 Å². The van der Waals surface area contributed by atoms with Gasteiger partial charge in [0.15, 0.2) is 8.68 Å². The molecule has 1 aromatic heterocycles. The Labute approximate surface area is 88.8 Å². The molecule has 5 nitrogen and oxygen atoms in total. The van der Waals surface area contributed by atoms with E-state index in [9.17, 15) is 4.57 Å². The van der Waals surface area contributed by atoms with Gasteiger partial charge in [-0.2, -0.15) is 0 Å². The average Bonchev–Trinajstić information content (AvgIpc) is 2.09. The summed E-state index contributed by atoms with van der Waals surface area (Å²) in [6.07, 6.45) is 0. The molecule has 0 spiro atoms. The second-order valence-electron chi connectivity index (χ2n) is 1.38. The lowest BCUT2D eigenvalue weighted by molar-refractivity contribution is 0.397. The molecule has 0 bridgehead atoms. The summed E-state index contributed by atoms with van der Waals surface area (Å²) in [5.74, 6) is 0. The number of aromatic nitrogens is 2. The highest BCUT2D eigenvalue weighted by Crippen LogP contribution is 2.39. The van der Waals surface area contributed by atoms with Crippen LogP contribution < -0.4 is 0 Å². The maximum atomic E-state index is 9.19. The van der Waals surface area contributed by atoms with Gasteiger partial charge in [0.25, 0.3) is 0 Å². The number of thiol groups is 3. The van der Waals surface area contributed by atoms with Crippen LogP contribution in [0.4, 0.5) is 0 Å². The fraction of sp³-hybridized carbons (Fsp3) is 0. The summed E-state index contributed by atoms with van der Waals surface area (Å²) < 4.78 is 10.5. The monoisotopic (exact) mass is 264 g/mol. The maximum Gasteiger partial charge on any atom is 0.380 e. The van der Waals surface area contributed by atoms with Crippen molar-refractivity contribution in [1.82, 2.24) is 10.2 Å². The molecule has 0 aromatic carbocycles. The lowest BCUT2D eigenvalue weighted by Gasteiger charge is -1.82. The van der Waals surface area contributed by atoms with Gasteiger partial charge in [0, 0.05) is 0 Å². The molecular weight excluding hydrogens is 259 g/mol. The fourth-order valence-electron chi connectivity index (χ4n) is 0.208. The third-order valence-corrected chi connectivity index (χ3v) is 1.66. The van der Waals surface area contributed by atoms with E-state index in [0.717, 1.165) is 0 Å². The van der Waals surface area contributed by atoms with Crippen molar-refractivity contribution in [1.29, 1.82) is 0 Å². The van der Waals surface area contributed by atoms with Crippen molar-refractivity contribution in [3.63, 3.8) is 0 Å². The van der Waals surface area contributed by atoms with Gasteiger partial charge in [0.2, 0.25) is 0 Å². The van der Waals surface area contributed by atoms with E-state index in [1.54, 1.807) is 0 Å². The highest BCUT2D eigenvalue weighted by molar-refractivity contribution is 8.43. The largest absolute Gasteiger partial charge is 0.380 e. The van der Waals surface area contributed by atoms with Gasteiger partial charge < -0.3 is 9.79 Å². The van der Waals surface area contributed by atoms with E-state index in [1.807, 2.05) is 0 Å². The molecular formula is C2H5N2O3PS4. The van der Waals surface area contributed by atoms with Crippen LogP contribution in [0.25, 0.3) is 0 Å². The van der Waals surface area contributed by atoms with E-state index in [0.29, 0.717) is 8.68 Å². The van der Waals surface area contributed by atoms with Gasteiger partial charge >= 0.3 is 6.80 Å². The van der Waals surface area contributed by atoms with E-state index in [-0.39, 0.29) is 0 Å². The molecule has 10 heteroatoms. The first-order valence-electron chi connectivity index (χ1n) is 2.29. The van der Waals surface area contributed by atoms with Crippen LogP contribution in [0.1, 0.15) is 0 Å². The standard InChI is InChI=1S/C2H2N2S3.H3O3PS/c5-1-3-4-2(6)7-1;1-4(2,3)5/h(H,3,5)(H,4,6);(H3,1,2,3,5). The van der Waals surface area contributed by atoms with Crippen molar-refractivity contribution >= 4 is 55.6 Å². The van der Waals surface area contributed by atoms with E-state index in [1.165, 1.54) is 11.3 Å². The third-order valence-electron chi connectivity index (χ3n) is 0.404. The Kier molecular flexibility index (Phi) is 5.83. The molecule has 0 saturated carbocycles. The average molecular weight is 264 g/mol. The number of nitrogens with zero attached hydrogens (tertiary/aromatic N) is 2. The number of hydrogen-bond donors (Lipinski definition) is 5. The number of hydrogen-bond acceptors (Lipinski definition) is 6. The first kappa shape index (κ1) is 12.8. The Balaban J connectivity index is 0.000000217. The van der Waals surface area contributed by atoms with Crippen LogP contribution in [0.3, 0.4) is 0 Å². The maximum absolute atomic E-state index is 9.19. The normalized spacial score (nSPS) is 10.4. The van der Waals surface area contributed by atoms with Crippen LogP contribution in [0.2, 0.25) is 0 Å². The zero-order chi connectivity index (χ0) is 9.78. The van der Waals surface area contributed by atoms with Gasteiger partial charge in [-0.3, -0.25) is 0 Å². The first-order chi connectivity index (χ1) is 5.29. The summed E-state index contributed by atoms with van der Waals surface area (Å²) in [5.41, 5.74) is 0. The molecule has 1 rings (SSSR count). The Hall–Kier alpha value is 0.760. The summed E-state index contributed by atoms with van der Waals surface area (Å²) in [6, 6.07) is 0. The van der Waals surface area contributed by atoms with Crippen molar-refractivity contribution in [2.45, 2.75) is 8.68 Å². The molecule has 70 valence electrons. The molecule has 0 unspecified atom stereocenters. The predicted molar refractivity (Wildman–Crippen MR) is 55.4 cm³/mol. The van der Waals surface area contributed by atoms with Crippen LogP contribution in [0.15, 0.2) is 8.68 Å². The lowest BCUT2D eigenvalue weighted by atomic mass is 11.6. The minimum atomic E-state index is -3.94. The van der Waals surface area contributed by atoms with Gasteiger partial charge in [0.05, 0.1) is 0 Å². The minimum absolute atomic E-state index is 0.657. The highest BCUT2D eigenvalue weighted by atomic mass is 32.7. The Morgan fingerprint density at radius 1 is 1.25 bits per heavy atom. The van der Waals surface area contributed by atoms with Crippen molar-refractivity contribution in [3.05, 3.63) is 0 Å². The van der Waals surface area contributed by atoms with Gasteiger partial charge in [0.1, 0.15) is 0 Å². The molecule has 2 N–H and O–H groups in total. The second kappa shape index (κ2) is 5.48. The predicted octanol–water partition coefficient (Wildman–Crippen LogP) is 1.12. The van der Waals surface area contributed by atoms with E-state index >= 15 is 0 Å². The van der Waals surface area contributed by atoms with Crippen molar-refractivity contribution in [2.75, 3.05) is 0 Å². The fourth-order valence-corrected chi connectivity index (χ4v) is 1.36.